The molecule has 2 aliphatic heterocycles. The van der Waals surface area contributed by atoms with Crippen molar-refractivity contribution < 1.29 is 4.79 Å². The Bertz CT molecular complexity index is 552. The Morgan fingerprint density at radius 3 is 2.86 bits per heavy atom. The van der Waals surface area contributed by atoms with Crippen molar-refractivity contribution in [2.24, 2.45) is 5.92 Å². The third kappa shape index (κ3) is 3.12. The maximum Gasteiger partial charge on any atom is 0.322 e. The highest BCUT2D eigenvalue weighted by molar-refractivity contribution is 6.35. The molecule has 2 atom stereocenters. The molecule has 2 amide bonds. The van der Waals surface area contributed by atoms with Crippen LogP contribution >= 0.6 is 23.2 Å². The first-order chi connectivity index (χ1) is 10.0. The number of rotatable bonds is 1. The maximum atomic E-state index is 12.5. The SMILES string of the molecule is CN1CC[C@H]2CCN(C(=O)Nc3cc(Cl)ccc3Cl)[C@@H]2C1. The van der Waals surface area contributed by atoms with Gasteiger partial charge in [0.05, 0.1) is 10.7 Å². The molecule has 1 aromatic rings. The van der Waals surface area contributed by atoms with Gasteiger partial charge in [0.1, 0.15) is 0 Å². The van der Waals surface area contributed by atoms with Crippen LogP contribution in [-0.2, 0) is 0 Å². The number of likely N-dealkylation sites (N-methyl/N-ethyl adjacent to an activating group) is 1. The third-order valence-electron chi connectivity index (χ3n) is 4.50. The largest absolute Gasteiger partial charge is 0.322 e. The number of carbonyl (C=O) groups is 1. The van der Waals surface area contributed by atoms with Gasteiger partial charge in [0.2, 0.25) is 0 Å². The number of benzene rings is 1. The molecule has 2 aliphatic rings. The predicted octanol–water partition coefficient (Wildman–Crippen LogP) is 3.55. The number of nitrogens with one attached hydrogen (secondary N) is 1. The molecule has 0 saturated carbocycles. The van der Waals surface area contributed by atoms with Crippen molar-refractivity contribution in [1.29, 1.82) is 0 Å². The van der Waals surface area contributed by atoms with E-state index in [9.17, 15) is 4.79 Å². The number of amides is 2. The number of urea groups is 1. The molecule has 21 heavy (non-hydrogen) atoms. The number of carbonyl (C=O) groups excluding carboxylic acids is 1. The minimum absolute atomic E-state index is 0.0815. The van der Waals surface area contributed by atoms with E-state index in [1.807, 2.05) is 4.90 Å². The number of likely N-dealkylation sites (tertiary alicyclic amines) is 2. The Hall–Kier alpha value is -0.970. The summed E-state index contributed by atoms with van der Waals surface area (Å²) in [6, 6.07) is 5.31. The minimum Gasteiger partial charge on any atom is -0.320 e. The maximum absolute atomic E-state index is 12.5. The van der Waals surface area contributed by atoms with E-state index in [0.29, 0.717) is 27.7 Å². The number of halogens is 2. The summed E-state index contributed by atoms with van der Waals surface area (Å²) in [5.41, 5.74) is 0.571. The van der Waals surface area contributed by atoms with Gasteiger partial charge in [-0.2, -0.15) is 0 Å². The molecule has 0 aliphatic carbocycles. The van der Waals surface area contributed by atoms with Crippen LogP contribution in [0.15, 0.2) is 18.2 Å². The lowest BCUT2D eigenvalue weighted by Gasteiger charge is -2.36. The molecule has 0 radical (unpaired) electrons. The Labute approximate surface area is 135 Å². The molecule has 0 unspecified atom stereocenters. The summed E-state index contributed by atoms with van der Waals surface area (Å²) < 4.78 is 0. The van der Waals surface area contributed by atoms with Crippen LogP contribution < -0.4 is 5.32 Å². The summed E-state index contributed by atoms with van der Waals surface area (Å²) >= 11 is 12.1. The van der Waals surface area contributed by atoms with Crippen molar-refractivity contribution in [2.45, 2.75) is 18.9 Å². The highest BCUT2D eigenvalue weighted by atomic mass is 35.5. The molecule has 1 N–H and O–H groups in total. The topological polar surface area (TPSA) is 35.6 Å². The number of fused-ring (bicyclic) bond motifs is 1. The Balaban J connectivity index is 1.72. The lowest BCUT2D eigenvalue weighted by molar-refractivity contribution is 0.137. The van der Waals surface area contributed by atoms with Gasteiger partial charge in [-0.1, -0.05) is 23.2 Å². The second-order valence-corrected chi connectivity index (χ2v) is 6.76. The van der Waals surface area contributed by atoms with Gasteiger partial charge < -0.3 is 15.1 Å². The molecule has 4 nitrogen and oxygen atoms in total. The quantitative estimate of drug-likeness (QED) is 0.856. The summed E-state index contributed by atoms with van der Waals surface area (Å²) in [6.07, 6.45) is 2.26. The van der Waals surface area contributed by atoms with Crippen LogP contribution in [0.4, 0.5) is 10.5 Å². The summed E-state index contributed by atoms with van der Waals surface area (Å²) in [6.45, 7) is 2.88. The van der Waals surface area contributed by atoms with Crippen molar-refractivity contribution in [3.63, 3.8) is 0 Å². The van der Waals surface area contributed by atoms with E-state index in [2.05, 4.69) is 17.3 Å². The van der Waals surface area contributed by atoms with Gasteiger partial charge in [-0.3, -0.25) is 0 Å². The van der Waals surface area contributed by atoms with Gasteiger partial charge in [0.25, 0.3) is 0 Å². The average molecular weight is 328 g/mol. The van der Waals surface area contributed by atoms with Crippen LogP contribution in [0.3, 0.4) is 0 Å². The molecule has 1 aromatic carbocycles. The fraction of sp³-hybridized carbons (Fsp3) is 0.533. The van der Waals surface area contributed by atoms with Crippen LogP contribution in [0.25, 0.3) is 0 Å². The minimum atomic E-state index is -0.0815. The van der Waals surface area contributed by atoms with Gasteiger partial charge >= 0.3 is 6.03 Å². The normalized spacial score (nSPS) is 25.8. The zero-order chi connectivity index (χ0) is 15.0. The summed E-state index contributed by atoms with van der Waals surface area (Å²) in [7, 11) is 2.11. The van der Waals surface area contributed by atoms with E-state index in [1.54, 1.807) is 18.2 Å². The van der Waals surface area contributed by atoms with E-state index in [0.717, 1.165) is 26.1 Å². The van der Waals surface area contributed by atoms with Crippen LogP contribution in [0, 0.1) is 5.92 Å². The van der Waals surface area contributed by atoms with Crippen LogP contribution in [0.1, 0.15) is 12.8 Å². The van der Waals surface area contributed by atoms with Crippen molar-refractivity contribution in [1.82, 2.24) is 9.80 Å². The molecule has 0 bridgehead atoms. The van der Waals surface area contributed by atoms with Crippen molar-refractivity contribution in [3.05, 3.63) is 28.2 Å². The Morgan fingerprint density at radius 1 is 1.29 bits per heavy atom. The Morgan fingerprint density at radius 2 is 2.05 bits per heavy atom. The highest BCUT2D eigenvalue weighted by Crippen LogP contribution is 2.32. The summed E-state index contributed by atoms with van der Waals surface area (Å²) in [4.78, 5) is 16.8. The van der Waals surface area contributed by atoms with E-state index in [4.69, 9.17) is 23.2 Å². The zero-order valence-electron chi connectivity index (χ0n) is 12.0. The fourth-order valence-corrected chi connectivity index (χ4v) is 3.67. The number of piperidine rings is 1. The van der Waals surface area contributed by atoms with Gasteiger partial charge in [-0.05, 0) is 50.6 Å². The zero-order valence-corrected chi connectivity index (χ0v) is 13.5. The van der Waals surface area contributed by atoms with Crippen LogP contribution in [-0.4, -0.2) is 48.6 Å². The summed E-state index contributed by atoms with van der Waals surface area (Å²) in [5.74, 6) is 0.627. The van der Waals surface area contributed by atoms with E-state index >= 15 is 0 Å². The van der Waals surface area contributed by atoms with Gasteiger partial charge in [0, 0.05) is 24.2 Å². The average Bonchev–Trinajstić information content (AvgIpc) is 2.85. The number of hydrogen-bond acceptors (Lipinski definition) is 2. The van der Waals surface area contributed by atoms with E-state index < -0.39 is 0 Å². The number of anilines is 1. The van der Waals surface area contributed by atoms with Crippen molar-refractivity contribution >= 4 is 34.9 Å². The lowest BCUT2D eigenvalue weighted by Crippen LogP contribution is -2.49. The molecule has 0 spiro atoms. The monoisotopic (exact) mass is 327 g/mol. The molecule has 2 heterocycles. The first kappa shape index (κ1) is 14.9. The first-order valence-electron chi connectivity index (χ1n) is 7.26. The molecular weight excluding hydrogens is 309 g/mol. The fourth-order valence-electron chi connectivity index (χ4n) is 3.33. The van der Waals surface area contributed by atoms with Gasteiger partial charge in [-0.25, -0.2) is 4.79 Å². The lowest BCUT2D eigenvalue weighted by atomic mass is 9.92. The highest BCUT2D eigenvalue weighted by Gasteiger charge is 2.39. The predicted molar refractivity (Wildman–Crippen MR) is 86.2 cm³/mol. The molecule has 3 rings (SSSR count). The van der Waals surface area contributed by atoms with Crippen molar-refractivity contribution in [3.8, 4) is 0 Å². The van der Waals surface area contributed by atoms with Crippen LogP contribution in [0.2, 0.25) is 10.0 Å². The first-order valence-corrected chi connectivity index (χ1v) is 8.01. The Kier molecular flexibility index (Phi) is 4.29. The van der Waals surface area contributed by atoms with Crippen molar-refractivity contribution in [2.75, 3.05) is 32.0 Å². The molecule has 2 fully saturated rings. The molecular formula is C15H19Cl2N3O. The smallest absolute Gasteiger partial charge is 0.320 e. The molecule has 2 saturated heterocycles. The number of hydrogen-bond donors (Lipinski definition) is 1. The second kappa shape index (κ2) is 6.03. The molecule has 0 aromatic heterocycles. The molecule has 6 heteroatoms. The van der Waals surface area contributed by atoms with Gasteiger partial charge in [-0.15, -0.1) is 0 Å². The van der Waals surface area contributed by atoms with Gasteiger partial charge in [0.15, 0.2) is 0 Å². The second-order valence-electron chi connectivity index (χ2n) is 5.91. The third-order valence-corrected chi connectivity index (χ3v) is 5.06. The number of nitrogens with zero attached hydrogens (tertiary/aromatic N) is 2. The summed E-state index contributed by atoms with van der Waals surface area (Å²) in [5, 5.41) is 3.96. The van der Waals surface area contributed by atoms with E-state index in [1.165, 1.54) is 6.42 Å². The van der Waals surface area contributed by atoms with E-state index in [-0.39, 0.29) is 6.03 Å². The van der Waals surface area contributed by atoms with Crippen LogP contribution in [0.5, 0.6) is 0 Å². The molecule has 114 valence electrons. The standard InChI is InChI=1S/C15H19Cl2N3O/c1-19-6-4-10-5-7-20(14(10)9-19)15(21)18-13-8-11(16)2-3-12(13)17/h2-3,8,10,14H,4-7,9H2,1H3,(H,18,21)/t10-,14+/m0/s1.